The Balaban J connectivity index is 1.99. The van der Waals surface area contributed by atoms with E-state index in [1.54, 1.807) is 36.4 Å². The van der Waals surface area contributed by atoms with Crippen molar-refractivity contribution in [2.45, 2.75) is 26.4 Å². The Hall–Kier alpha value is -3.59. The van der Waals surface area contributed by atoms with Crippen molar-refractivity contribution in [3.8, 4) is 23.0 Å². The van der Waals surface area contributed by atoms with Crippen molar-refractivity contribution in [1.29, 1.82) is 0 Å². The van der Waals surface area contributed by atoms with E-state index in [-0.39, 0.29) is 16.8 Å². The average molecular weight is 471 g/mol. The van der Waals surface area contributed by atoms with Crippen LogP contribution < -0.4 is 29.2 Å². The lowest BCUT2D eigenvalue weighted by Gasteiger charge is -2.30. The molecule has 0 aromatic heterocycles. The van der Waals surface area contributed by atoms with Crippen LogP contribution in [0.1, 0.15) is 25.8 Å². The van der Waals surface area contributed by atoms with E-state index in [1.807, 2.05) is 13.8 Å². The highest BCUT2D eigenvalue weighted by Crippen LogP contribution is 2.35. The minimum Gasteiger partial charge on any atom is -0.497 e. The molecular weight excluding hydrogens is 444 g/mol. The molecule has 174 valence electrons. The zero-order valence-corrected chi connectivity index (χ0v) is 19.9. The van der Waals surface area contributed by atoms with Gasteiger partial charge in [-0.2, -0.15) is 0 Å². The minimum absolute atomic E-state index is 0.0165. The summed E-state index contributed by atoms with van der Waals surface area (Å²) in [5.41, 5.74) is 0.893. The Morgan fingerprint density at radius 1 is 1.00 bits per heavy atom. The maximum atomic E-state index is 13.3. The number of hydrogen-bond acceptors (Lipinski definition) is 7. The molecule has 2 aromatic rings. The second-order valence-electron chi connectivity index (χ2n) is 7.24. The van der Waals surface area contributed by atoms with Gasteiger partial charge in [-0.3, -0.25) is 14.9 Å². The fourth-order valence-electron chi connectivity index (χ4n) is 3.18. The number of anilines is 1. The van der Waals surface area contributed by atoms with Crippen LogP contribution >= 0.6 is 12.2 Å². The van der Waals surface area contributed by atoms with Crippen LogP contribution in [0.2, 0.25) is 0 Å². The molecule has 2 aromatic carbocycles. The van der Waals surface area contributed by atoms with Crippen molar-refractivity contribution in [3.05, 3.63) is 47.5 Å². The molecule has 0 aliphatic carbocycles. The zero-order valence-electron chi connectivity index (χ0n) is 19.1. The Labute approximate surface area is 198 Å². The third kappa shape index (κ3) is 5.09. The van der Waals surface area contributed by atoms with Crippen LogP contribution in [0.3, 0.4) is 0 Å². The van der Waals surface area contributed by atoms with Gasteiger partial charge in [0, 0.05) is 6.07 Å². The van der Waals surface area contributed by atoms with Crippen molar-refractivity contribution >= 4 is 40.9 Å². The van der Waals surface area contributed by atoms with Crippen LogP contribution in [0.5, 0.6) is 23.0 Å². The van der Waals surface area contributed by atoms with E-state index in [0.717, 1.165) is 6.42 Å². The maximum Gasteiger partial charge on any atom is 0.270 e. The number of methoxy groups -OCH3 is 3. The van der Waals surface area contributed by atoms with E-state index in [9.17, 15) is 9.59 Å². The van der Waals surface area contributed by atoms with Gasteiger partial charge in [-0.25, -0.2) is 4.90 Å². The van der Waals surface area contributed by atoms with Gasteiger partial charge in [-0.05, 0) is 61.5 Å². The highest BCUT2D eigenvalue weighted by molar-refractivity contribution is 7.80. The molecule has 0 radical (unpaired) electrons. The molecule has 0 spiro atoms. The van der Waals surface area contributed by atoms with Gasteiger partial charge in [-0.1, -0.05) is 13.0 Å². The topological polar surface area (TPSA) is 86.3 Å². The van der Waals surface area contributed by atoms with Crippen LogP contribution in [0, 0.1) is 0 Å². The first-order valence-corrected chi connectivity index (χ1v) is 10.7. The maximum absolute atomic E-state index is 13.3. The van der Waals surface area contributed by atoms with Crippen LogP contribution in [0.25, 0.3) is 6.08 Å². The van der Waals surface area contributed by atoms with Crippen LogP contribution in [-0.2, 0) is 9.59 Å². The van der Waals surface area contributed by atoms with E-state index >= 15 is 0 Å². The summed E-state index contributed by atoms with van der Waals surface area (Å²) < 4.78 is 21.9. The molecular formula is C24H26N2O6S. The number of amides is 2. The van der Waals surface area contributed by atoms with Crippen molar-refractivity contribution in [1.82, 2.24) is 5.32 Å². The quantitative estimate of drug-likeness (QED) is 0.357. The second kappa shape index (κ2) is 10.4. The lowest BCUT2D eigenvalue weighted by atomic mass is 10.1. The van der Waals surface area contributed by atoms with Crippen molar-refractivity contribution < 1.29 is 28.5 Å². The first-order valence-electron chi connectivity index (χ1n) is 10.3. The van der Waals surface area contributed by atoms with E-state index in [4.69, 9.17) is 31.2 Å². The number of carbonyl (C=O) groups excluding carboxylic acids is 2. The summed E-state index contributed by atoms with van der Waals surface area (Å²) in [5.74, 6) is 0.835. The number of thiocarbonyl (C=S) groups is 1. The molecule has 1 aliphatic rings. The molecule has 3 rings (SSSR count). The third-order valence-corrected chi connectivity index (χ3v) is 5.42. The molecule has 1 saturated heterocycles. The lowest BCUT2D eigenvalue weighted by molar-refractivity contribution is -0.122. The van der Waals surface area contributed by atoms with Crippen molar-refractivity contribution in [2.75, 3.05) is 26.2 Å². The fourth-order valence-corrected chi connectivity index (χ4v) is 3.46. The van der Waals surface area contributed by atoms with Gasteiger partial charge < -0.3 is 18.9 Å². The van der Waals surface area contributed by atoms with Crippen molar-refractivity contribution in [2.24, 2.45) is 0 Å². The molecule has 0 saturated carbocycles. The molecule has 1 atom stereocenters. The van der Waals surface area contributed by atoms with Gasteiger partial charge >= 0.3 is 0 Å². The zero-order chi connectivity index (χ0) is 24.1. The molecule has 1 N–H and O–H groups in total. The van der Waals surface area contributed by atoms with E-state index in [2.05, 4.69) is 5.32 Å². The van der Waals surface area contributed by atoms with E-state index in [1.165, 1.54) is 32.3 Å². The first-order chi connectivity index (χ1) is 15.8. The van der Waals surface area contributed by atoms with Gasteiger partial charge in [0.05, 0.1) is 33.1 Å². The monoisotopic (exact) mass is 470 g/mol. The summed E-state index contributed by atoms with van der Waals surface area (Å²) >= 11 is 5.28. The summed E-state index contributed by atoms with van der Waals surface area (Å²) in [5, 5.41) is 2.53. The lowest BCUT2D eigenvalue weighted by Crippen LogP contribution is -2.54. The van der Waals surface area contributed by atoms with Crippen molar-refractivity contribution in [3.63, 3.8) is 0 Å². The number of nitrogens with one attached hydrogen (secondary N) is 1. The molecule has 0 bridgehead atoms. The smallest absolute Gasteiger partial charge is 0.270 e. The molecule has 1 heterocycles. The van der Waals surface area contributed by atoms with Gasteiger partial charge in [-0.15, -0.1) is 0 Å². The molecule has 1 aliphatic heterocycles. The third-order valence-electron chi connectivity index (χ3n) is 5.13. The predicted octanol–water partition coefficient (Wildman–Crippen LogP) is 3.72. The fraction of sp³-hybridized carbons (Fsp3) is 0.292. The highest BCUT2D eigenvalue weighted by atomic mass is 32.1. The number of ether oxygens (including phenoxy) is 4. The second-order valence-corrected chi connectivity index (χ2v) is 7.63. The summed E-state index contributed by atoms with van der Waals surface area (Å²) in [6.07, 6.45) is 2.34. The van der Waals surface area contributed by atoms with Gasteiger partial charge in [0.15, 0.2) is 16.6 Å². The summed E-state index contributed by atoms with van der Waals surface area (Å²) in [6, 6.07) is 10.1. The number of rotatable bonds is 8. The average Bonchev–Trinajstić information content (AvgIpc) is 2.82. The summed E-state index contributed by atoms with van der Waals surface area (Å²) in [6.45, 7) is 3.99. The van der Waals surface area contributed by atoms with Crippen LogP contribution in [0.15, 0.2) is 42.0 Å². The normalized spacial score (nSPS) is 15.8. The number of nitrogens with zero attached hydrogens (tertiary/aromatic N) is 1. The SMILES string of the molecule is CC[C@@H](C)Oc1ccc(/C=C2\C(=O)NC(=S)N(c3ccc(OC)cc3OC)C2=O)cc1OC. The standard InChI is InChI=1S/C24H26N2O6S/c1-6-14(2)32-19-10-7-15(12-21(19)31-5)11-17-22(27)25-24(33)26(23(17)28)18-9-8-16(29-3)13-20(18)30-4/h7-14H,6H2,1-5H3,(H,25,27,33)/b17-11+/t14-/m1/s1. The van der Waals surface area contributed by atoms with E-state index < -0.39 is 11.8 Å². The Morgan fingerprint density at radius 3 is 2.36 bits per heavy atom. The first kappa shape index (κ1) is 24.1. The Kier molecular flexibility index (Phi) is 7.55. The van der Waals surface area contributed by atoms with Gasteiger partial charge in [0.25, 0.3) is 11.8 Å². The summed E-state index contributed by atoms with van der Waals surface area (Å²) in [4.78, 5) is 27.2. The molecule has 9 heteroatoms. The van der Waals surface area contributed by atoms with E-state index in [0.29, 0.717) is 34.2 Å². The number of carbonyl (C=O) groups is 2. The summed E-state index contributed by atoms with van der Waals surface area (Å²) in [7, 11) is 4.53. The molecule has 0 unspecified atom stereocenters. The molecule has 1 fully saturated rings. The number of benzene rings is 2. The van der Waals surface area contributed by atoms with Gasteiger partial charge in [0.1, 0.15) is 17.1 Å². The molecule has 33 heavy (non-hydrogen) atoms. The Morgan fingerprint density at radius 2 is 1.73 bits per heavy atom. The molecule has 8 nitrogen and oxygen atoms in total. The minimum atomic E-state index is -0.590. The van der Waals surface area contributed by atoms with Gasteiger partial charge in [0.2, 0.25) is 0 Å². The largest absolute Gasteiger partial charge is 0.497 e. The van der Waals surface area contributed by atoms with Crippen LogP contribution in [-0.4, -0.2) is 44.4 Å². The Bertz CT molecular complexity index is 1110. The number of hydrogen-bond donors (Lipinski definition) is 1. The van der Waals surface area contributed by atoms with Crippen LogP contribution in [0.4, 0.5) is 5.69 Å². The predicted molar refractivity (Wildman–Crippen MR) is 129 cm³/mol. The highest BCUT2D eigenvalue weighted by Gasteiger charge is 2.36. The molecule has 2 amide bonds.